The fourth-order valence-corrected chi connectivity index (χ4v) is 3.00. The second kappa shape index (κ2) is 9.30. The highest BCUT2D eigenvalue weighted by Crippen LogP contribution is 2.14. The number of hydrogen-bond donors (Lipinski definition) is 1. The molecule has 0 saturated heterocycles. The summed E-state index contributed by atoms with van der Waals surface area (Å²) in [5.74, 6) is 0.0211. The van der Waals surface area contributed by atoms with E-state index in [1.165, 1.54) is 44.9 Å². The number of fused-ring (bicyclic) bond motifs is 1. The summed E-state index contributed by atoms with van der Waals surface area (Å²) in [4.78, 5) is 31.0. The molecule has 1 aromatic rings. The van der Waals surface area contributed by atoms with Crippen LogP contribution in [0.1, 0.15) is 81.5 Å². The van der Waals surface area contributed by atoms with E-state index >= 15 is 0 Å². The third kappa shape index (κ3) is 4.98. The van der Waals surface area contributed by atoms with Crippen LogP contribution in [0.25, 0.3) is 0 Å². The molecule has 0 spiro atoms. The molecule has 1 heterocycles. The van der Waals surface area contributed by atoms with Gasteiger partial charge in [0.05, 0.1) is 11.0 Å². The summed E-state index contributed by atoms with van der Waals surface area (Å²) in [6, 6.07) is 2.74. The monoisotopic (exact) mass is 329 g/mol. The van der Waals surface area contributed by atoms with E-state index in [1.54, 1.807) is 12.1 Å². The van der Waals surface area contributed by atoms with Gasteiger partial charge in [0, 0.05) is 12.0 Å². The Labute approximate surface area is 143 Å². The van der Waals surface area contributed by atoms with Gasteiger partial charge in [-0.1, -0.05) is 58.3 Å². The molecule has 1 aliphatic rings. The minimum Gasteiger partial charge on any atom is -0.396 e. The van der Waals surface area contributed by atoms with E-state index in [9.17, 15) is 9.59 Å². The molecule has 0 atom stereocenters. The van der Waals surface area contributed by atoms with Gasteiger partial charge in [0.2, 0.25) is 0 Å². The van der Waals surface area contributed by atoms with E-state index < -0.39 is 6.03 Å². The number of carbonyl (C=O) groups excluding carboxylic acids is 2. The number of rotatable bonds is 11. The predicted octanol–water partition coefficient (Wildman–Crippen LogP) is 3.75. The first-order valence-electron chi connectivity index (χ1n) is 9.06. The second-order valence-corrected chi connectivity index (χ2v) is 6.40. The summed E-state index contributed by atoms with van der Waals surface area (Å²) in [5.41, 5.74) is 6.72. The second-order valence-electron chi connectivity index (χ2n) is 6.40. The Morgan fingerprint density at radius 1 is 0.958 bits per heavy atom. The van der Waals surface area contributed by atoms with Gasteiger partial charge in [0.15, 0.2) is 5.78 Å². The number of hydrogen-bond acceptors (Lipinski definition) is 3. The van der Waals surface area contributed by atoms with E-state index in [0.717, 1.165) is 12.8 Å². The molecule has 24 heavy (non-hydrogen) atoms. The Morgan fingerprint density at radius 3 is 2.25 bits per heavy atom. The molecule has 0 unspecified atom stereocenters. The molecular weight excluding hydrogens is 302 g/mol. The molecule has 5 heteroatoms. The summed E-state index contributed by atoms with van der Waals surface area (Å²) in [7, 11) is 0. The highest BCUT2D eigenvalue weighted by molar-refractivity contribution is 6.00. The van der Waals surface area contributed by atoms with Crippen LogP contribution in [0.5, 0.6) is 0 Å². The first-order chi connectivity index (χ1) is 11.6. The highest BCUT2D eigenvalue weighted by atomic mass is 16.2. The van der Waals surface area contributed by atoms with Crippen molar-refractivity contribution in [2.24, 2.45) is 9.98 Å². The van der Waals surface area contributed by atoms with Gasteiger partial charge in [0.25, 0.3) is 0 Å². The zero-order valence-corrected chi connectivity index (χ0v) is 14.5. The molecule has 0 fully saturated rings. The number of anilines is 1. The van der Waals surface area contributed by atoms with Gasteiger partial charge in [-0.05, 0) is 18.6 Å². The third-order valence-corrected chi connectivity index (χ3v) is 4.43. The lowest BCUT2D eigenvalue weighted by Gasteiger charge is -2.05. The Kier molecular flexibility index (Phi) is 7.09. The standard InChI is InChI=1S/C19H27N3O2/c1-2-3-4-5-6-7-8-9-10-11-16(23)14-12-13-15-18(17(14)20)22-19(24)21-15/h12-13H,2-11,20H2,1H3. The van der Waals surface area contributed by atoms with Crippen LogP contribution in [-0.2, 0) is 0 Å². The quantitative estimate of drug-likeness (QED) is 0.381. The molecule has 0 saturated carbocycles. The summed E-state index contributed by atoms with van der Waals surface area (Å²) in [5, 5.41) is 0.801. The lowest BCUT2D eigenvalue weighted by atomic mass is 10.0. The molecule has 130 valence electrons. The van der Waals surface area contributed by atoms with Crippen molar-refractivity contribution >= 4 is 17.5 Å². The maximum absolute atomic E-state index is 12.3. The molecular formula is C19H27N3O2. The van der Waals surface area contributed by atoms with Crippen LogP contribution < -0.4 is 16.4 Å². The number of nitrogen functional groups attached to an aromatic ring is 1. The smallest absolute Gasteiger partial charge is 0.368 e. The molecule has 0 aromatic heterocycles. The SMILES string of the molecule is CCCCCCCCCCCC(=O)c1ccc2c(c1N)=NC(=O)N=2. The molecule has 1 aliphatic heterocycles. The molecule has 5 nitrogen and oxygen atoms in total. The highest BCUT2D eigenvalue weighted by Gasteiger charge is 2.15. The fourth-order valence-electron chi connectivity index (χ4n) is 3.00. The first-order valence-corrected chi connectivity index (χ1v) is 9.06. The Balaban J connectivity index is 1.73. The number of Topliss-reactive ketones (excluding diaryl/α,β-unsaturated/α-hetero) is 1. The Morgan fingerprint density at radius 2 is 1.58 bits per heavy atom. The number of nitrogens with zero attached hydrogens (tertiary/aromatic N) is 2. The average molecular weight is 329 g/mol. The minimum atomic E-state index is -0.555. The number of amides is 2. The van der Waals surface area contributed by atoms with Crippen molar-refractivity contribution in [2.45, 2.75) is 71.1 Å². The van der Waals surface area contributed by atoms with Gasteiger partial charge in [0.1, 0.15) is 5.36 Å². The van der Waals surface area contributed by atoms with E-state index in [2.05, 4.69) is 16.9 Å². The third-order valence-electron chi connectivity index (χ3n) is 4.43. The van der Waals surface area contributed by atoms with E-state index in [-0.39, 0.29) is 11.5 Å². The molecule has 0 radical (unpaired) electrons. The van der Waals surface area contributed by atoms with Gasteiger partial charge in [-0.25, -0.2) is 4.79 Å². The Bertz CT molecular complexity index is 710. The summed E-state index contributed by atoms with van der Waals surface area (Å²) < 4.78 is 0. The molecule has 2 amide bonds. The lowest BCUT2D eigenvalue weighted by Crippen LogP contribution is -2.27. The van der Waals surface area contributed by atoms with Crippen LogP contribution in [0.3, 0.4) is 0 Å². The van der Waals surface area contributed by atoms with Gasteiger partial charge in [-0.15, -0.1) is 0 Å². The van der Waals surface area contributed by atoms with Crippen LogP contribution in [0.15, 0.2) is 22.1 Å². The average Bonchev–Trinajstić information content (AvgIpc) is 2.95. The largest absolute Gasteiger partial charge is 0.396 e. The topological polar surface area (TPSA) is 84.9 Å². The van der Waals surface area contributed by atoms with Crippen LogP contribution in [0, 0.1) is 0 Å². The van der Waals surface area contributed by atoms with Crippen molar-refractivity contribution in [1.82, 2.24) is 0 Å². The minimum absolute atomic E-state index is 0.0211. The zero-order valence-electron chi connectivity index (χ0n) is 14.5. The first kappa shape index (κ1) is 18.3. The van der Waals surface area contributed by atoms with E-state index in [4.69, 9.17) is 5.73 Å². The number of carbonyl (C=O) groups is 2. The van der Waals surface area contributed by atoms with Crippen molar-refractivity contribution in [1.29, 1.82) is 0 Å². The van der Waals surface area contributed by atoms with Gasteiger partial charge < -0.3 is 5.73 Å². The fraction of sp³-hybridized carbons (Fsp3) is 0.579. The summed E-state index contributed by atoms with van der Waals surface area (Å²) in [6.45, 7) is 2.23. The number of ketones is 1. The molecule has 2 N–H and O–H groups in total. The predicted molar refractivity (Wildman–Crippen MR) is 94.7 cm³/mol. The molecule has 0 aliphatic carbocycles. The maximum atomic E-state index is 12.3. The Hall–Kier alpha value is -2.04. The molecule has 1 aromatic carbocycles. The van der Waals surface area contributed by atoms with Crippen molar-refractivity contribution in [3.05, 3.63) is 28.4 Å². The maximum Gasteiger partial charge on any atom is 0.368 e. The normalized spacial score (nSPS) is 12.6. The van der Waals surface area contributed by atoms with Crippen LogP contribution in [0.2, 0.25) is 0 Å². The van der Waals surface area contributed by atoms with Crippen LogP contribution >= 0.6 is 0 Å². The summed E-state index contributed by atoms with van der Waals surface area (Å²) in [6.07, 6.45) is 11.5. The molecule has 2 rings (SSSR count). The van der Waals surface area contributed by atoms with Crippen LogP contribution in [0.4, 0.5) is 10.5 Å². The number of benzene rings is 1. The van der Waals surface area contributed by atoms with Crippen LogP contribution in [-0.4, -0.2) is 11.8 Å². The van der Waals surface area contributed by atoms with Crippen molar-refractivity contribution in [2.75, 3.05) is 5.73 Å². The summed E-state index contributed by atoms with van der Waals surface area (Å²) >= 11 is 0. The number of unbranched alkanes of at least 4 members (excludes halogenated alkanes) is 8. The zero-order chi connectivity index (χ0) is 17.4. The van der Waals surface area contributed by atoms with E-state index in [0.29, 0.717) is 22.7 Å². The molecule has 0 bridgehead atoms. The van der Waals surface area contributed by atoms with Gasteiger partial charge >= 0.3 is 6.03 Å². The van der Waals surface area contributed by atoms with Crippen molar-refractivity contribution < 1.29 is 9.59 Å². The van der Waals surface area contributed by atoms with Gasteiger partial charge in [-0.2, -0.15) is 9.98 Å². The van der Waals surface area contributed by atoms with Gasteiger partial charge in [-0.3, -0.25) is 4.79 Å². The lowest BCUT2D eigenvalue weighted by molar-refractivity contribution is 0.0980. The van der Waals surface area contributed by atoms with E-state index in [1.807, 2.05) is 0 Å². The number of urea groups is 1. The van der Waals surface area contributed by atoms with Crippen molar-refractivity contribution in [3.8, 4) is 0 Å². The number of nitrogens with two attached hydrogens (primary N) is 1. The van der Waals surface area contributed by atoms with Crippen molar-refractivity contribution in [3.63, 3.8) is 0 Å².